The third kappa shape index (κ3) is 6.68. The second kappa shape index (κ2) is 11.8. The van der Waals surface area contributed by atoms with E-state index >= 15 is 0 Å². The molecule has 38 heavy (non-hydrogen) atoms. The summed E-state index contributed by atoms with van der Waals surface area (Å²) in [5.74, 6) is 0.652. The van der Waals surface area contributed by atoms with Crippen LogP contribution >= 0.6 is 0 Å². The van der Waals surface area contributed by atoms with Gasteiger partial charge in [0, 0.05) is 29.7 Å². The van der Waals surface area contributed by atoms with E-state index in [1.165, 1.54) is 18.5 Å². The SMILES string of the molecule is COc1ccc(OC)c(N(Cc2ccc(C(=O)Nc3ccc(Cc4ccncc4)cc3)cc2)S(C)(=O)=O)c1. The van der Waals surface area contributed by atoms with E-state index in [4.69, 9.17) is 9.47 Å². The molecule has 0 aliphatic carbocycles. The Kier molecular flexibility index (Phi) is 8.28. The molecule has 0 atom stereocenters. The molecule has 0 aliphatic heterocycles. The molecule has 0 spiro atoms. The molecule has 196 valence electrons. The number of nitrogens with one attached hydrogen (secondary N) is 1. The van der Waals surface area contributed by atoms with Crippen LogP contribution in [0.25, 0.3) is 0 Å². The quantitative estimate of drug-likeness (QED) is 0.312. The van der Waals surface area contributed by atoms with Gasteiger partial charge in [0.05, 0.1) is 32.7 Å². The lowest BCUT2D eigenvalue weighted by Crippen LogP contribution is -2.29. The van der Waals surface area contributed by atoms with E-state index in [1.807, 2.05) is 36.4 Å². The van der Waals surface area contributed by atoms with Crippen molar-refractivity contribution in [2.45, 2.75) is 13.0 Å². The average Bonchev–Trinajstić information content (AvgIpc) is 2.92. The number of nitrogens with zero attached hydrogens (tertiary/aromatic N) is 2. The number of carbonyl (C=O) groups excluding carboxylic acids is 1. The first kappa shape index (κ1) is 26.7. The largest absolute Gasteiger partial charge is 0.497 e. The standard InChI is InChI=1S/C29H29N3O5S/c1-36-26-12-13-28(37-2)27(19-26)32(38(3,34)35)20-23-4-8-24(9-5-23)29(33)31-25-10-6-21(7-11-25)18-22-14-16-30-17-15-22/h4-17,19H,18,20H2,1-3H3,(H,31,33). The molecule has 1 N–H and O–H groups in total. The van der Waals surface area contributed by atoms with Crippen LogP contribution in [0.3, 0.4) is 0 Å². The van der Waals surface area contributed by atoms with Gasteiger partial charge >= 0.3 is 0 Å². The van der Waals surface area contributed by atoms with Crippen molar-refractivity contribution >= 4 is 27.3 Å². The summed E-state index contributed by atoms with van der Waals surface area (Å²) in [6.45, 7) is 0.0587. The number of benzene rings is 3. The lowest BCUT2D eigenvalue weighted by atomic mass is 10.1. The number of sulfonamides is 1. The fraction of sp³-hybridized carbons (Fsp3) is 0.172. The van der Waals surface area contributed by atoms with Gasteiger partial charge in [0.15, 0.2) is 0 Å². The number of methoxy groups -OCH3 is 2. The van der Waals surface area contributed by atoms with Crippen LogP contribution in [0.4, 0.5) is 11.4 Å². The van der Waals surface area contributed by atoms with Crippen LogP contribution in [0.2, 0.25) is 0 Å². The van der Waals surface area contributed by atoms with Gasteiger partial charge in [-0.1, -0.05) is 24.3 Å². The van der Waals surface area contributed by atoms with Crippen LogP contribution in [0.15, 0.2) is 91.3 Å². The Bertz CT molecular complexity index is 1490. The molecule has 0 radical (unpaired) electrons. The molecule has 4 aromatic rings. The van der Waals surface area contributed by atoms with E-state index in [1.54, 1.807) is 54.9 Å². The smallest absolute Gasteiger partial charge is 0.255 e. The molecule has 1 amide bonds. The molecule has 1 aromatic heterocycles. The normalized spacial score (nSPS) is 11.0. The van der Waals surface area contributed by atoms with E-state index in [0.717, 1.165) is 23.8 Å². The van der Waals surface area contributed by atoms with Crippen molar-refractivity contribution in [3.63, 3.8) is 0 Å². The predicted octanol–water partition coefficient (Wildman–Crippen LogP) is 4.91. The van der Waals surface area contributed by atoms with Crippen molar-refractivity contribution in [2.24, 2.45) is 0 Å². The number of hydrogen-bond donors (Lipinski definition) is 1. The highest BCUT2D eigenvalue weighted by Gasteiger charge is 2.22. The van der Waals surface area contributed by atoms with Crippen LogP contribution in [-0.4, -0.2) is 39.8 Å². The molecule has 8 nitrogen and oxygen atoms in total. The first-order valence-corrected chi connectivity index (χ1v) is 13.7. The van der Waals surface area contributed by atoms with Gasteiger partial charge in [0.1, 0.15) is 11.5 Å². The van der Waals surface area contributed by atoms with Gasteiger partial charge in [-0.25, -0.2) is 8.42 Å². The maximum absolute atomic E-state index is 12.8. The second-order valence-electron chi connectivity index (χ2n) is 8.69. The highest BCUT2D eigenvalue weighted by Crippen LogP contribution is 2.34. The Morgan fingerprint density at radius 3 is 2.08 bits per heavy atom. The first-order valence-electron chi connectivity index (χ1n) is 11.8. The Morgan fingerprint density at radius 1 is 0.842 bits per heavy atom. The Morgan fingerprint density at radius 2 is 1.47 bits per heavy atom. The van der Waals surface area contributed by atoms with Gasteiger partial charge in [-0.2, -0.15) is 0 Å². The second-order valence-corrected chi connectivity index (χ2v) is 10.6. The van der Waals surface area contributed by atoms with Crippen molar-refractivity contribution in [1.29, 1.82) is 0 Å². The summed E-state index contributed by atoms with van der Waals surface area (Å²) in [7, 11) is -0.658. The molecule has 9 heteroatoms. The van der Waals surface area contributed by atoms with Crippen molar-refractivity contribution in [1.82, 2.24) is 4.98 Å². The van der Waals surface area contributed by atoms with Crippen LogP contribution < -0.4 is 19.1 Å². The number of aromatic nitrogens is 1. The maximum Gasteiger partial charge on any atom is 0.255 e. The van der Waals surface area contributed by atoms with Crippen LogP contribution in [0.1, 0.15) is 27.0 Å². The van der Waals surface area contributed by atoms with Crippen LogP contribution in [-0.2, 0) is 23.0 Å². The van der Waals surface area contributed by atoms with Gasteiger partial charge < -0.3 is 14.8 Å². The molecule has 0 saturated carbocycles. The molecule has 3 aromatic carbocycles. The lowest BCUT2D eigenvalue weighted by molar-refractivity contribution is 0.102. The number of pyridine rings is 1. The topological polar surface area (TPSA) is 97.8 Å². The van der Waals surface area contributed by atoms with Gasteiger partial charge in [0.25, 0.3) is 5.91 Å². The third-order valence-corrected chi connectivity index (χ3v) is 7.09. The number of hydrogen-bond acceptors (Lipinski definition) is 6. The summed E-state index contributed by atoms with van der Waals surface area (Å²) >= 11 is 0. The van der Waals surface area contributed by atoms with Gasteiger partial charge in [-0.3, -0.25) is 14.1 Å². The monoisotopic (exact) mass is 531 g/mol. The summed E-state index contributed by atoms with van der Waals surface area (Å²) in [5.41, 5.74) is 4.50. The fourth-order valence-electron chi connectivity index (χ4n) is 3.95. The van der Waals surface area contributed by atoms with Crippen molar-refractivity contribution in [3.05, 3.63) is 114 Å². The summed E-state index contributed by atoms with van der Waals surface area (Å²) in [4.78, 5) is 16.8. The van der Waals surface area contributed by atoms with E-state index < -0.39 is 10.0 Å². The third-order valence-electron chi connectivity index (χ3n) is 5.97. The number of amides is 1. The van der Waals surface area contributed by atoms with Crippen LogP contribution in [0, 0.1) is 0 Å². The lowest BCUT2D eigenvalue weighted by Gasteiger charge is -2.25. The maximum atomic E-state index is 12.8. The Labute approximate surface area is 222 Å². The number of anilines is 2. The minimum absolute atomic E-state index is 0.0587. The van der Waals surface area contributed by atoms with Crippen molar-refractivity contribution in [3.8, 4) is 11.5 Å². The summed E-state index contributed by atoms with van der Waals surface area (Å²) < 4.78 is 37.2. The average molecular weight is 532 g/mol. The van der Waals surface area contributed by atoms with E-state index in [9.17, 15) is 13.2 Å². The zero-order valence-corrected chi connectivity index (χ0v) is 22.2. The molecule has 0 unspecified atom stereocenters. The van der Waals surface area contributed by atoms with Gasteiger partial charge in [0.2, 0.25) is 10.0 Å². The van der Waals surface area contributed by atoms with Crippen LogP contribution in [0.5, 0.6) is 11.5 Å². The highest BCUT2D eigenvalue weighted by molar-refractivity contribution is 7.92. The predicted molar refractivity (Wildman–Crippen MR) is 148 cm³/mol. The van der Waals surface area contributed by atoms with E-state index in [-0.39, 0.29) is 12.5 Å². The molecular weight excluding hydrogens is 502 g/mol. The summed E-state index contributed by atoms with van der Waals surface area (Å²) in [6, 6.07) is 23.4. The molecule has 4 rings (SSSR count). The molecule has 0 fully saturated rings. The zero-order valence-electron chi connectivity index (χ0n) is 21.4. The summed E-state index contributed by atoms with van der Waals surface area (Å²) in [5, 5.41) is 2.90. The highest BCUT2D eigenvalue weighted by atomic mass is 32.2. The molecule has 1 heterocycles. The Hall–Kier alpha value is -4.37. The van der Waals surface area contributed by atoms with E-state index in [0.29, 0.717) is 34.0 Å². The molecule has 0 bridgehead atoms. The molecule has 0 saturated heterocycles. The first-order chi connectivity index (χ1) is 18.3. The molecular formula is C29H29N3O5S. The van der Waals surface area contributed by atoms with Gasteiger partial charge in [-0.15, -0.1) is 0 Å². The van der Waals surface area contributed by atoms with Crippen molar-refractivity contribution < 1.29 is 22.7 Å². The van der Waals surface area contributed by atoms with Gasteiger partial charge in [-0.05, 0) is 71.6 Å². The molecule has 0 aliphatic rings. The minimum Gasteiger partial charge on any atom is -0.497 e. The number of ether oxygens (including phenoxy) is 2. The number of rotatable bonds is 10. The fourth-order valence-corrected chi connectivity index (χ4v) is 4.83. The summed E-state index contributed by atoms with van der Waals surface area (Å²) in [6.07, 6.45) is 5.45. The zero-order chi connectivity index (χ0) is 27.1. The minimum atomic E-state index is -3.65. The number of carbonyl (C=O) groups is 1. The van der Waals surface area contributed by atoms with E-state index in [2.05, 4.69) is 10.3 Å². The Balaban J connectivity index is 1.45. The van der Waals surface area contributed by atoms with Crippen molar-refractivity contribution in [2.75, 3.05) is 30.1 Å².